The second-order valence-corrected chi connectivity index (χ2v) is 4.35. The second kappa shape index (κ2) is 5.27. The molecule has 0 aliphatic rings. The Kier molecular flexibility index (Phi) is 3.71. The summed E-state index contributed by atoms with van der Waals surface area (Å²) in [6.45, 7) is 1.69. The normalized spacial score (nSPS) is 10.5. The third-order valence-corrected chi connectivity index (χ3v) is 3.08. The zero-order chi connectivity index (χ0) is 14.0. The van der Waals surface area contributed by atoms with Crippen LogP contribution in [0.25, 0.3) is 0 Å². The fourth-order valence-corrected chi connectivity index (χ4v) is 1.76. The van der Waals surface area contributed by atoms with Crippen molar-refractivity contribution in [3.8, 4) is 5.88 Å². The molecule has 0 fully saturated rings. The molecular weight excluding hydrogens is 270 g/mol. The molecule has 0 saturated heterocycles. The number of nitrogens with one attached hydrogen (secondary N) is 1. The van der Waals surface area contributed by atoms with E-state index in [9.17, 15) is 9.59 Å². The molecule has 0 aromatic carbocycles. The lowest BCUT2D eigenvalue weighted by Gasteiger charge is -2.07. The number of hydrogen-bond donors (Lipinski definition) is 1. The summed E-state index contributed by atoms with van der Waals surface area (Å²) >= 11 is 5.74. The number of halogens is 1. The number of hydrogen-bond acceptors (Lipinski definition) is 4. The van der Waals surface area contributed by atoms with Crippen molar-refractivity contribution in [2.24, 2.45) is 0 Å². The summed E-state index contributed by atoms with van der Waals surface area (Å²) in [7, 11) is 1.51. The fraction of sp³-hybridized carbons (Fsp3) is 0.250. The zero-order valence-electron chi connectivity index (χ0n) is 10.4. The molecule has 0 spiro atoms. The number of aromatic amines is 1. The first-order valence-electron chi connectivity index (χ1n) is 5.51. The molecule has 0 aliphatic heterocycles. The number of H-pyrrole nitrogens is 1. The molecule has 0 bridgehead atoms. The first-order chi connectivity index (χ1) is 9.02. The summed E-state index contributed by atoms with van der Waals surface area (Å²) in [6.07, 6.45) is 1.55. The van der Waals surface area contributed by atoms with Crippen LogP contribution in [0.5, 0.6) is 5.88 Å². The van der Waals surface area contributed by atoms with Gasteiger partial charge in [0.15, 0.2) is 0 Å². The topological polar surface area (TPSA) is 77.0 Å². The molecule has 100 valence electrons. The molecule has 0 radical (unpaired) electrons. The Morgan fingerprint density at radius 3 is 2.74 bits per heavy atom. The first kappa shape index (κ1) is 13.4. The Labute approximate surface area is 113 Å². The monoisotopic (exact) mass is 281 g/mol. The van der Waals surface area contributed by atoms with Gasteiger partial charge in [0.2, 0.25) is 5.88 Å². The minimum absolute atomic E-state index is 0.0686. The molecule has 2 heterocycles. The SMILES string of the molecule is COc1ccc(Cn2c(=O)[nH]c(Cl)c(C)c2=O)cn1. The highest BCUT2D eigenvalue weighted by Gasteiger charge is 2.09. The molecule has 7 heteroatoms. The Bertz CT molecular complexity index is 704. The van der Waals surface area contributed by atoms with Crippen LogP contribution < -0.4 is 16.0 Å². The lowest BCUT2D eigenvalue weighted by molar-refractivity contribution is 0.397. The molecule has 1 N–H and O–H groups in total. The average Bonchev–Trinajstić information content (AvgIpc) is 2.42. The van der Waals surface area contributed by atoms with E-state index in [1.165, 1.54) is 7.11 Å². The summed E-state index contributed by atoms with van der Waals surface area (Å²) in [5.41, 5.74) is 0.0684. The largest absolute Gasteiger partial charge is 0.481 e. The van der Waals surface area contributed by atoms with Crippen molar-refractivity contribution < 1.29 is 4.74 Å². The maximum Gasteiger partial charge on any atom is 0.329 e. The lowest BCUT2D eigenvalue weighted by atomic mass is 10.3. The predicted molar refractivity (Wildman–Crippen MR) is 71.0 cm³/mol. The molecule has 0 unspecified atom stereocenters. The molecule has 6 nitrogen and oxygen atoms in total. The Morgan fingerprint density at radius 1 is 1.42 bits per heavy atom. The summed E-state index contributed by atoms with van der Waals surface area (Å²) in [6, 6.07) is 3.40. The maximum atomic E-state index is 12.0. The minimum atomic E-state index is -0.545. The molecule has 2 aromatic heterocycles. The van der Waals surface area contributed by atoms with Gasteiger partial charge in [0.25, 0.3) is 5.56 Å². The van der Waals surface area contributed by atoms with Crippen molar-refractivity contribution in [3.05, 3.63) is 55.4 Å². The number of pyridine rings is 1. The van der Waals surface area contributed by atoms with Crippen LogP contribution in [0.15, 0.2) is 27.9 Å². The highest BCUT2D eigenvalue weighted by molar-refractivity contribution is 6.30. The number of aromatic nitrogens is 3. The number of ether oxygens (including phenoxy) is 1. The Morgan fingerprint density at radius 2 is 2.16 bits per heavy atom. The standard InChI is InChI=1S/C12H12ClN3O3/c1-7-10(13)15-12(18)16(11(7)17)6-8-3-4-9(19-2)14-5-8/h3-5H,6H2,1-2H3,(H,15,18). The van der Waals surface area contributed by atoms with Gasteiger partial charge in [-0.3, -0.25) is 14.3 Å². The Balaban J connectivity index is 2.41. The molecular formula is C12H12ClN3O3. The Hall–Kier alpha value is -2.08. The first-order valence-corrected chi connectivity index (χ1v) is 5.89. The van der Waals surface area contributed by atoms with Crippen molar-refractivity contribution >= 4 is 11.6 Å². The van der Waals surface area contributed by atoms with Gasteiger partial charge in [-0.15, -0.1) is 0 Å². The average molecular weight is 282 g/mol. The zero-order valence-corrected chi connectivity index (χ0v) is 11.2. The number of nitrogens with zero attached hydrogens (tertiary/aromatic N) is 2. The van der Waals surface area contributed by atoms with Gasteiger partial charge < -0.3 is 4.74 Å². The summed E-state index contributed by atoms with van der Waals surface area (Å²) in [4.78, 5) is 30.1. The highest BCUT2D eigenvalue weighted by atomic mass is 35.5. The van der Waals surface area contributed by atoms with E-state index in [0.717, 1.165) is 10.1 Å². The van der Waals surface area contributed by atoms with Crippen LogP contribution in [-0.2, 0) is 6.54 Å². The van der Waals surface area contributed by atoms with E-state index in [1.807, 2.05) is 0 Å². The van der Waals surface area contributed by atoms with Crippen molar-refractivity contribution in [1.29, 1.82) is 0 Å². The second-order valence-electron chi connectivity index (χ2n) is 3.97. The van der Waals surface area contributed by atoms with E-state index >= 15 is 0 Å². The minimum Gasteiger partial charge on any atom is -0.481 e. The van der Waals surface area contributed by atoms with Crippen molar-refractivity contribution in [1.82, 2.24) is 14.5 Å². The molecule has 0 saturated carbocycles. The van der Waals surface area contributed by atoms with Gasteiger partial charge in [0.05, 0.1) is 13.7 Å². The van der Waals surface area contributed by atoms with Crippen molar-refractivity contribution in [2.45, 2.75) is 13.5 Å². The van der Waals surface area contributed by atoms with E-state index in [0.29, 0.717) is 11.4 Å². The van der Waals surface area contributed by atoms with Crippen LogP contribution in [0, 0.1) is 6.92 Å². The van der Waals surface area contributed by atoms with E-state index in [4.69, 9.17) is 16.3 Å². The van der Waals surface area contributed by atoms with E-state index in [2.05, 4.69) is 9.97 Å². The molecule has 0 atom stereocenters. The molecule has 0 amide bonds. The molecule has 2 rings (SSSR count). The van der Waals surface area contributed by atoms with E-state index < -0.39 is 11.2 Å². The summed E-state index contributed by atoms with van der Waals surface area (Å²) < 4.78 is 6.01. The third kappa shape index (κ3) is 2.68. The van der Waals surface area contributed by atoms with Gasteiger partial charge >= 0.3 is 5.69 Å². The van der Waals surface area contributed by atoms with Crippen LogP contribution in [0.1, 0.15) is 11.1 Å². The smallest absolute Gasteiger partial charge is 0.329 e. The van der Waals surface area contributed by atoms with Crippen LogP contribution in [0.3, 0.4) is 0 Å². The van der Waals surface area contributed by atoms with E-state index in [-0.39, 0.29) is 11.7 Å². The number of methoxy groups -OCH3 is 1. The number of rotatable bonds is 3. The van der Waals surface area contributed by atoms with Crippen LogP contribution in [0.2, 0.25) is 5.15 Å². The van der Waals surface area contributed by atoms with E-state index in [1.54, 1.807) is 25.3 Å². The van der Waals surface area contributed by atoms with Gasteiger partial charge in [0, 0.05) is 17.8 Å². The maximum absolute atomic E-state index is 12.0. The van der Waals surface area contributed by atoms with Gasteiger partial charge in [-0.2, -0.15) is 0 Å². The van der Waals surface area contributed by atoms with Crippen molar-refractivity contribution in [2.75, 3.05) is 7.11 Å². The summed E-state index contributed by atoms with van der Waals surface area (Å²) in [5, 5.41) is 0.0686. The van der Waals surface area contributed by atoms with Crippen LogP contribution >= 0.6 is 11.6 Å². The highest BCUT2D eigenvalue weighted by Crippen LogP contribution is 2.08. The van der Waals surface area contributed by atoms with Gasteiger partial charge in [0.1, 0.15) is 5.15 Å². The molecule has 0 aliphatic carbocycles. The van der Waals surface area contributed by atoms with Crippen LogP contribution in [-0.4, -0.2) is 21.6 Å². The third-order valence-electron chi connectivity index (χ3n) is 2.70. The summed E-state index contributed by atoms with van der Waals surface area (Å²) in [5.74, 6) is 0.470. The van der Waals surface area contributed by atoms with Crippen LogP contribution in [0.4, 0.5) is 0 Å². The molecule has 2 aromatic rings. The molecule has 19 heavy (non-hydrogen) atoms. The predicted octanol–water partition coefficient (Wildman–Crippen LogP) is 0.950. The van der Waals surface area contributed by atoms with Gasteiger partial charge in [-0.25, -0.2) is 9.78 Å². The fourth-order valence-electron chi connectivity index (χ4n) is 1.60. The van der Waals surface area contributed by atoms with Gasteiger partial charge in [-0.05, 0) is 12.5 Å². The van der Waals surface area contributed by atoms with Crippen molar-refractivity contribution in [3.63, 3.8) is 0 Å². The quantitative estimate of drug-likeness (QED) is 0.850. The lowest BCUT2D eigenvalue weighted by Crippen LogP contribution is -2.36. The van der Waals surface area contributed by atoms with Gasteiger partial charge in [-0.1, -0.05) is 17.7 Å².